The van der Waals surface area contributed by atoms with Crippen LogP contribution in [0.2, 0.25) is 5.02 Å². The molecule has 1 unspecified atom stereocenters. The van der Waals surface area contributed by atoms with E-state index in [0.29, 0.717) is 0 Å². The maximum Gasteiger partial charge on any atom is 0.142 e. The zero-order chi connectivity index (χ0) is 13.4. The van der Waals surface area contributed by atoms with E-state index in [9.17, 15) is 4.39 Å². The smallest absolute Gasteiger partial charge is 0.142 e. The molecule has 1 aromatic rings. The van der Waals surface area contributed by atoms with Crippen LogP contribution in [0.1, 0.15) is 45.1 Å². The summed E-state index contributed by atoms with van der Waals surface area (Å²) in [6, 6.07) is 5.00. The van der Waals surface area contributed by atoms with Gasteiger partial charge in [-0.1, -0.05) is 37.9 Å². The van der Waals surface area contributed by atoms with Crippen LogP contribution in [-0.2, 0) is 6.42 Å². The lowest BCUT2D eigenvalue weighted by atomic mass is 9.66. The van der Waals surface area contributed by atoms with Crippen LogP contribution in [-0.4, -0.2) is 5.54 Å². The summed E-state index contributed by atoms with van der Waals surface area (Å²) in [4.78, 5) is 0. The second kappa shape index (κ2) is 4.82. The predicted molar refractivity (Wildman–Crippen MR) is 74.3 cm³/mol. The fourth-order valence-electron chi connectivity index (χ4n) is 3.26. The molecule has 0 saturated heterocycles. The van der Waals surface area contributed by atoms with Crippen molar-refractivity contribution in [2.24, 2.45) is 11.1 Å². The number of hydrogen-bond acceptors (Lipinski definition) is 1. The van der Waals surface area contributed by atoms with E-state index in [1.807, 2.05) is 6.07 Å². The molecule has 2 rings (SSSR count). The number of nitrogens with two attached hydrogens (primary N) is 1. The standard InChI is InChI=1S/C15H21ClFN/c1-14(2)6-3-7-15(18,10-14)9-11-4-5-12(16)13(17)8-11/h4-5,8H,3,6-7,9-10,18H2,1-2H3. The number of rotatable bonds is 2. The SMILES string of the molecule is CC1(C)CCCC(N)(Cc2ccc(Cl)c(F)c2)C1. The first-order valence-corrected chi connectivity index (χ1v) is 6.90. The monoisotopic (exact) mass is 269 g/mol. The summed E-state index contributed by atoms with van der Waals surface area (Å²) in [7, 11) is 0. The molecule has 0 spiro atoms. The fourth-order valence-corrected chi connectivity index (χ4v) is 3.37. The Morgan fingerprint density at radius 1 is 1.33 bits per heavy atom. The van der Waals surface area contributed by atoms with Gasteiger partial charge in [-0.3, -0.25) is 0 Å². The second-order valence-corrected chi connectivity index (χ2v) is 6.89. The lowest BCUT2D eigenvalue weighted by Crippen LogP contribution is -2.48. The Kier molecular flexibility index (Phi) is 3.70. The van der Waals surface area contributed by atoms with E-state index in [0.717, 1.165) is 31.2 Å². The Hall–Kier alpha value is -0.600. The summed E-state index contributed by atoms with van der Waals surface area (Å²) in [6.07, 6.45) is 5.11. The van der Waals surface area contributed by atoms with Gasteiger partial charge in [0, 0.05) is 5.54 Å². The van der Waals surface area contributed by atoms with Crippen LogP contribution in [0.5, 0.6) is 0 Å². The summed E-state index contributed by atoms with van der Waals surface area (Å²) < 4.78 is 13.4. The Bertz CT molecular complexity index is 444. The van der Waals surface area contributed by atoms with Crippen LogP contribution >= 0.6 is 11.6 Å². The molecule has 0 amide bonds. The van der Waals surface area contributed by atoms with Crippen LogP contribution in [0.4, 0.5) is 4.39 Å². The minimum absolute atomic E-state index is 0.175. The Balaban J connectivity index is 2.14. The molecule has 3 heteroatoms. The highest BCUT2D eigenvalue weighted by Gasteiger charge is 2.37. The van der Waals surface area contributed by atoms with Crippen LogP contribution < -0.4 is 5.73 Å². The van der Waals surface area contributed by atoms with Gasteiger partial charge in [-0.15, -0.1) is 0 Å². The van der Waals surface area contributed by atoms with E-state index in [1.165, 1.54) is 12.5 Å². The molecule has 18 heavy (non-hydrogen) atoms. The van der Waals surface area contributed by atoms with E-state index in [-0.39, 0.29) is 21.8 Å². The quantitative estimate of drug-likeness (QED) is 0.850. The first-order valence-electron chi connectivity index (χ1n) is 6.53. The average Bonchev–Trinajstić information content (AvgIpc) is 2.21. The highest BCUT2D eigenvalue weighted by molar-refractivity contribution is 6.30. The minimum Gasteiger partial charge on any atom is -0.325 e. The molecule has 0 heterocycles. The molecule has 1 aliphatic carbocycles. The van der Waals surface area contributed by atoms with Gasteiger partial charge in [-0.2, -0.15) is 0 Å². The Morgan fingerprint density at radius 2 is 2.06 bits per heavy atom. The number of halogens is 2. The fraction of sp³-hybridized carbons (Fsp3) is 0.600. The average molecular weight is 270 g/mol. The van der Waals surface area contributed by atoms with Crippen molar-refractivity contribution in [1.29, 1.82) is 0 Å². The van der Waals surface area contributed by atoms with E-state index >= 15 is 0 Å². The Labute approximate surface area is 114 Å². The minimum atomic E-state index is -0.354. The van der Waals surface area contributed by atoms with Crippen molar-refractivity contribution in [3.05, 3.63) is 34.6 Å². The van der Waals surface area contributed by atoms with Gasteiger partial charge >= 0.3 is 0 Å². The summed E-state index contributed by atoms with van der Waals surface area (Å²) in [5, 5.41) is 0.175. The summed E-state index contributed by atoms with van der Waals surface area (Å²) in [5.41, 5.74) is 7.52. The van der Waals surface area contributed by atoms with Crippen molar-refractivity contribution in [2.75, 3.05) is 0 Å². The van der Waals surface area contributed by atoms with Crippen LogP contribution in [0.15, 0.2) is 18.2 Å². The van der Waals surface area contributed by atoms with Gasteiger partial charge in [-0.05, 0) is 48.8 Å². The molecular formula is C15H21ClFN. The van der Waals surface area contributed by atoms with Gasteiger partial charge in [0.05, 0.1) is 5.02 Å². The van der Waals surface area contributed by atoms with Crippen molar-refractivity contribution in [1.82, 2.24) is 0 Å². The maximum absolute atomic E-state index is 13.4. The molecule has 0 radical (unpaired) electrons. The van der Waals surface area contributed by atoms with E-state index < -0.39 is 0 Å². The molecule has 2 N–H and O–H groups in total. The van der Waals surface area contributed by atoms with Gasteiger partial charge < -0.3 is 5.73 Å². The highest BCUT2D eigenvalue weighted by atomic mass is 35.5. The van der Waals surface area contributed by atoms with Gasteiger partial charge in [0.2, 0.25) is 0 Å². The lowest BCUT2D eigenvalue weighted by molar-refractivity contribution is 0.151. The molecule has 0 aliphatic heterocycles. The first kappa shape index (κ1) is 13.8. The molecule has 1 saturated carbocycles. The summed E-state index contributed by atoms with van der Waals surface area (Å²) >= 11 is 5.70. The van der Waals surface area contributed by atoms with E-state index in [1.54, 1.807) is 6.07 Å². The molecular weight excluding hydrogens is 249 g/mol. The van der Waals surface area contributed by atoms with Gasteiger partial charge in [0.25, 0.3) is 0 Å². The van der Waals surface area contributed by atoms with Crippen molar-refractivity contribution in [2.45, 2.75) is 51.5 Å². The molecule has 1 aromatic carbocycles. The molecule has 1 nitrogen and oxygen atoms in total. The second-order valence-electron chi connectivity index (χ2n) is 6.48. The molecule has 100 valence electrons. The molecule has 1 atom stereocenters. The van der Waals surface area contributed by atoms with Crippen molar-refractivity contribution >= 4 is 11.6 Å². The molecule has 0 aromatic heterocycles. The van der Waals surface area contributed by atoms with E-state index in [2.05, 4.69) is 13.8 Å². The van der Waals surface area contributed by atoms with Crippen LogP contribution in [0.3, 0.4) is 0 Å². The third kappa shape index (κ3) is 3.24. The maximum atomic E-state index is 13.4. The van der Waals surface area contributed by atoms with Gasteiger partial charge in [0.1, 0.15) is 5.82 Å². The number of benzene rings is 1. The van der Waals surface area contributed by atoms with Gasteiger partial charge in [-0.25, -0.2) is 4.39 Å². The predicted octanol–water partition coefficient (Wildman–Crippen LogP) is 4.32. The third-order valence-electron chi connectivity index (χ3n) is 3.90. The highest BCUT2D eigenvalue weighted by Crippen LogP contribution is 2.41. The molecule has 1 aliphatic rings. The molecule has 0 bridgehead atoms. The van der Waals surface area contributed by atoms with Crippen LogP contribution in [0, 0.1) is 11.2 Å². The normalized spacial score (nSPS) is 27.2. The van der Waals surface area contributed by atoms with Crippen molar-refractivity contribution in [3.8, 4) is 0 Å². The number of hydrogen-bond donors (Lipinski definition) is 1. The lowest BCUT2D eigenvalue weighted by Gasteiger charge is -2.42. The van der Waals surface area contributed by atoms with E-state index in [4.69, 9.17) is 17.3 Å². The Morgan fingerprint density at radius 3 is 2.67 bits per heavy atom. The zero-order valence-electron chi connectivity index (χ0n) is 11.1. The molecule has 1 fully saturated rings. The first-order chi connectivity index (χ1) is 8.30. The van der Waals surface area contributed by atoms with Gasteiger partial charge in [0.15, 0.2) is 0 Å². The van der Waals surface area contributed by atoms with Crippen molar-refractivity contribution in [3.63, 3.8) is 0 Å². The largest absolute Gasteiger partial charge is 0.325 e. The summed E-state index contributed by atoms with van der Waals surface area (Å²) in [6.45, 7) is 4.52. The summed E-state index contributed by atoms with van der Waals surface area (Å²) in [5.74, 6) is -0.354. The third-order valence-corrected chi connectivity index (χ3v) is 4.21. The van der Waals surface area contributed by atoms with Crippen LogP contribution in [0.25, 0.3) is 0 Å². The zero-order valence-corrected chi connectivity index (χ0v) is 11.9. The van der Waals surface area contributed by atoms with Crippen molar-refractivity contribution < 1.29 is 4.39 Å². The topological polar surface area (TPSA) is 26.0 Å².